The Morgan fingerprint density at radius 1 is 1.30 bits per heavy atom. The number of hydrogen-bond donors (Lipinski definition) is 6. The Morgan fingerprint density at radius 3 is 2.25 bits per heavy atom. The summed E-state index contributed by atoms with van der Waals surface area (Å²) in [5, 5.41) is 28.6. The summed E-state index contributed by atoms with van der Waals surface area (Å²) in [6.45, 7) is 0.577. The molecule has 0 aliphatic heterocycles. The van der Waals surface area contributed by atoms with E-state index < -0.39 is 42.1 Å². The number of carboxylic acids is 2. The van der Waals surface area contributed by atoms with Gasteiger partial charge < -0.3 is 32.1 Å². The summed E-state index contributed by atoms with van der Waals surface area (Å²) in [4.78, 5) is 32.9. The molecule has 0 radical (unpaired) electrons. The number of amides is 1. The van der Waals surface area contributed by atoms with Crippen molar-refractivity contribution < 1.29 is 29.7 Å². The zero-order chi connectivity index (χ0) is 15.9. The fraction of sp³-hybridized carbons (Fsp3) is 0.727. The standard InChI is InChI=1S/C11H21N3O6/c1-6(9(17)18)14-8(16)7(12)3-2-4-11(13,5-15)10(19)20/h6-7,15H,2-5,12-13H2,1H3,(H,14,16)(H,17,18)(H,19,20). The second-order valence-corrected chi connectivity index (χ2v) is 4.69. The van der Waals surface area contributed by atoms with Gasteiger partial charge in [0, 0.05) is 0 Å². The fourth-order valence-corrected chi connectivity index (χ4v) is 1.40. The van der Waals surface area contributed by atoms with Crippen molar-refractivity contribution in [1.82, 2.24) is 5.32 Å². The van der Waals surface area contributed by atoms with Gasteiger partial charge in [-0.2, -0.15) is 0 Å². The van der Waals surface area contributed by atoms with Crippen molar-refractivity contribution in [3.05, 3.63) is 0 Å². The van der Waals surface area contributed by atoms with Crippen LogP contribution in [0.4, 0.5) is 0 Å². The highest BCUT2D eigenvalue weighted by Gasteiger charge is 2.33. The summed E-state index contributed by atoms with van der Waals surface area (Å²) in [6.07, 6.45) is 0.290. The first kappa shape index (κ1) is 18.3. The Bertz CT molecular complexity index is 375. The van der Waals surface area contributed by atoms with Crippen LogP contribution in [-0.2, 0) is 14.4 Å². The summed E-state index contributed by atoms with van der Waals surface area (Å²) in [5.41, 5.74) is 9.25. The van der Waals surface area contributed by atoms with Crippen LogP contribution in [0.5, 0.6) is 0 Å². The monoisotopic (exact) mass is 291 g/mol. The lowest BCUT2D eigenvalue weighted by Gasteiger charge is -2.22. The van der Waals surface area contributed by atoms with Crippen molar-refractivity contribution in [2.45, 2.75) is 43.8 Å². The molecule has 9 nitrogen and oxygen atoms in total. The first-order valence-electron chi connectivity index (χ1n) is 6.06. The number of rotatable bonds is 9. The maximum absolute atomic E-state index is 11.5. The minimum absolute atomic E-state index is 0.0473. The van der Waals surface area contributed by atoms with Gasteiger partial charge in [-0.05, 0) is 26.2 Å². The van der Waals surface area contributed by atoms with E-state index >= 15 is 0 Å². The molecule has 0 fully saturated rings. The van der Waals surface area contributed by atoms with Gasteiger partial charge in [0.05, 0.1) is 12.6 Å². The van der Waals surface area contributed by atoms with Gasteiger partial charge >= 0.3 is 11.9 Å². The highest BCUT2D eigenvalue weighted by Crippen LogP contribution is 2.12. The molecule has 0 spiro atoms. The van der Waals surface area contributed by atoms with Crippen molar-refractivity contribution in [1.29, 1.82) is 0 Å². The van der Waals surface area contributed by atoms with Gasteiger partial charge in [0.25, 0.3) is 0 Å². The van der Waals surface area contributed by atoms with Crippen LogP contribution in [0.15, 0.2) is 0 Å². The van der Waals surface area contributed by atoms with Crippen molar-refractivity contribution in [3.63, 3.8) is 0 Å². The molecule has 0 aliphatic rings. The number of aliphatic carboxylic acids is 2. The molecule has 0 aromatic heterocycles. The minimum Gasteiger partial charge on any atom is -0.480 e. The number of hydrogen-bond acceptors (Lipinski definition) is 6. The molecule has 20 heavy (non-hydrogen) atoms. The number of aliphatic hydroxyl groups is 1. The lowest BCUT2D eigenvalue weighted by molar-refractivity contribution is -0.145. The SMILES string of the molecule is CC(NC(=O)C(N)CCCC(N)(CO)C(=O)O)C(=O)O. The normalized spacial score (nSPS) is 16.8. The quantitative estimate of drug-likeness (QED) is 0.278. The summed E-state index contributed by atoms with van der Waals surface area (Å²) in [7, 11) is 0. The van der Waals surface area contributed by atoms with E-state index in [-0.39, 0.29) is 19.3 Å². The highest BCUT2D eigenvalue weighted by atomic mass is 16.4. The van der Waals surface area contributed by atoms with E-state index in [4.69, 9.17) is 26.8 Å². The second kappa shape index (κ2) is 7.78. The van der Waals surface area contributed by atoms with Gasteiger partial charge in [0.2, 0.25) is 5.91 Å². The third-order valence-corrected chi connectivity index (χ3v) is 2.91. The van der Waals surface area contributed by atoms with Crippen molar-refractivity contribution in [2.75, 3.05) is 6.61 Å². The lowest BCUT2D eigenvalue weighted by Crippen LogP contribution is -2.51. The second-order valence-electron chi connectivity index (χ2n) is 4.69. The molecule has 1 amide bonds. The van der Waals surface area contributed by atoms with Crippen LogP contribution in [0, 0.1) is 0 Å². The number of carbonyl (C=O) groups excluding carboxylic acids is 1. The summed E-state index contributed by atoms with van der Waals surface area (Å²) >= 11 is 0. The molecule has 3 unspecified atom stereocenters. The first-order valence-corrected chi connectivity index (χ1v) is 6.06. The molecule has 0 bridgehead atoms. The Hall–Kier alpha value is -1.71. The molecule has 0 heterocycles. The van der Waals surface area contributed by atoms with E-state index in [2.05, 4.69) is 5.32 Å². The molecule has 0 saturated carbocycles. The Morgan fingerprint density at radius 2 is 1.85 bits per heavy atom. The van der Waals surface area contributed by atoms with Gasteiger partial charge in [-0.15, -0.1) is 0 Å². The minimum atomic E-state index is -1.76. The lowest BCUT2D eigenvalue weighted by atomic mass is 9.93. The smallest absolute Gasteiger partial charge is 0.326 e. The van der Waals surface area contributed by atoms with Crippen LogP contribution in [0.1, 0.15) is 26.2 Å². The first-order chi connectivity index (χ1) is 9.14. The van der Waals surface area contributed by atoms with Crippen LogP contribution in [0.2, 0.25) is 0 Å². The molecule has 8 N–H and O–H groups in total. The summed E-state index contributed by atoms with van der Waals surface area (Å²) in [6, 6.07) is -2.02. The molecule has 0 saturated heterocycles. The average molecular weight is 291 g/mol. The molecule has 116 valence electrons. The Balaban J connectivity index is 4.23. The Labute approximate surface area is 115 Å². The summed E-state index contributed by atoms with van der Waals surface area (Å²) in [5.74, 6) is -3.16. The van der Waals surface area contributed by atoms with E-state index in [1.54, 1.807) is 0 Å². The molecule has 0 aliphatic carbocycles. The van der Waals surface area contributed by atoms with Crippen LogP contribution in [0.3, 0.4) is 0 Å². The molecule has 0 aromatic carbocycles. The van der Waals surface area contributed by atoms with Crippen LogP contribution >= 0.6 is 0 Å². The fourth-order valence-electron chi connectivity index (χ4n) is 1.40. The molecule has 0 aromatic rings. The predicted octanol–water partition coefficient (Wildman–Crippen LogP) is -2.15. The van der Waals surface area contributed by atoms with Crippen molar-refractivity contribution in [3.8, 4) is 0 Å². The number of nitrogens with one attached hydrogen (secondary N) is 1. The van der Waals surface area contributed by atoms with Gasteiger partial charge in [-0.25, -0.2) is 0 Å². The zero-order valence-corrected chi connectivity index (χ0v) is 11.2. The molecule has 9 heteroatoms. The molecule has 0 rings (SSSR count). The van der Waals surface area contributed by atoms with Crippen LogP contribution < -0.4 is 16.8 Å². The molecular formula is C11H21N3O6. The average Bonchev–Trinajstić information content (AvgIpc) is 2.37. The number of aliphatic hydroxyl groups excluding tert-OH is 1. The van der Waals surface area contributed by atoms with E-state index in [0.29, 0.717) is 0 Å². The van der Waals surface area contributed by atoms with Gasteiger partial charge in [-0.3, -0.25) is 14.4 Å². The Kier molecular flexibility index (Phi) is 7.11. The van der Waals surface area contributed by atoms with E-state index in [9.17, 15) is 14.4 Å². The van der Waals surface area contributed by atoms with Crippen molar-refractivity contribution >= 4 is 17.8 Å². The summed E-state index contributed by atoms with van der Waals surface area (Å²) < 4.78 is 0. The maximum Gasteiger partial charge on any atom is 0.326 e. The molecule has 3 atom stereocenters. The predicted molar refractivity (Wildman–Crippen MR) is 68.7 cm³/mol. The number of carbonyl (C=O) groups is 3. The van der Waals surface area contributed by atoms with Crippen molar-refractivity contribution in [2.24, 2.45) is 11.5 Å². The van der Waals surface area contributed by atoms with Crippen LogP contribution in [-0.4, -0.2) is 57.4 Å². The third kappa shape index (κ3) is 5.51. The van der Waals surface area contributed by atoms with E-state index in [1.807, 2.05) is 0 Å². The van der Waals surface area contributed by atoms with Gasteiger partial charge in [0.1, 0.15) is 11.6 Å². The topological polar surface area (TPSA) is 176 Å². The van der Waals surface area contributed by atoms with E-state index in [0.717, 1.165) is 0 Å². The van der Waals surface area contributed by atoms with Crippen LogP contribution in [0.25, 0.3) is 0 Å². The molecular weight excluding hydrogens is 270 g/mol. The largest absolute Gasteiger partial charge is 0.480 e. The third-order valence-electron chi connectivity index (χ3n) is 2.91. The van der Waals surface area contributed by atoms with Gasteiger partial charge in [-0.1, -0.05) is 0 Å². The number of nitrogens with two attached hydrogens (primary N) is 2. The van der Waals surface area contributed by atoms with E-state index in [1.165, 1.54) is 6.92 Å². The highest BCUT2D eigenvalue weighted by molar-refractivity contribution is 5.86. The number of carboxylic acid groups (broad SMARTS) is 2. The maximum atomic E-state index is 11.5. The van der Waals surface area contributed by atoms with Gasteiger partial charge in [0.15, 0.2) is 0 Å². The zero-order valence-electron chi connectivity index (χ0n) is 11.2.